The topological polar surface area (TPSA) is 86.6 Å². The van der Waals surface area contributed by atoms with Gasteiger partial charge in [0.2, 0.25) is 0 Å². The number of thioether (sulfide) groups is 1. The minimum Gasteiger partial charge on any atom is -0.505 e. The molecule has 0 heterocycles. The number of phenolic OH excluding ortho intramolecular Hbond substituents is 1. The molecule has 0 fully saturated rings. The first-order valence-electron chi connectivity index (χ1n) is 9.18. The van der Waals surface area contributed by atoms with Gasteiger partial charge in [-0.2, -0.15) is 4.39 Å². The highest BCUT2D eigenvalue weighted by Crippen LogP contribution is 2.30. The third-order valence-corrected chi connectivity index (χ3v) is 7.45. The standard InChI is InChI=1S/C22H23F2NO4S2/c1-14(16-9-5-4-6-10-16)22(2,21(27)28)25-31(29)19(30-3)11-7-8-15-12-17(23)20(24)18(26)13-15/h4-14,25-26H,1-3H3,(H,27,28)/b8-7+,19-11+/t14?,22-,31?/m0/s1. The van der Waals surface area contributed by atoms with Gasteiger partial charge in [0.1, 0.15) is 16.5 Å². The number of allylic oxidation sites excluding steroid dienone is 2. The summed E-state index contributed by atoms with van der Waals surface area (Å²) in [6.07, 6.45) is 6.01. The van der Waals surface area contributed by atoms with Gasteiger partial charge >= 0.3 is 5.97 Å². The molecule has 2 unspecified atom stereocenters. The first kappa shape index (κ1) is 24.8. The fourth-order valence-corrected chi connectivity index (χ4v) is 4.67. The number of benzene rings is 2. The van der Waals surface area contributed by atoms with Crippen LogP contribution in [-0.4, -0.2) is 32.2 Å². The first-order chi connectivity index (χ1) is 14.6. The highest BCUT2D eigenvalue weighted by molar-refractivity contribution is 8.15. The van der Waals surface area contributed by atoms with E-state index in [9.17, 15) is 28.0 Å². The Morgan fingerprint density at radius 3 is 2.45 bits per heavy atom. The van der Waals surface area contributed by atoms with Crippen molar-refractivity contribution in [3.63, 3.8) is 0 Å². The van der Waals surface area contributed by atoms with Crippen LogP contribution in [0.3, 0.4) is 0 Å². The number of nitrogens with one attached hydrogen (secondary N) is 1. The third kappa shape index (κ3) is 6.03. The number of carboxylic acid groups (broad SMARTS) is 1. The zero-order chi connectivity index (χ0) is 23.2. The van der Waals surface area contributed by atoms with Gasteiger partial charge in [-0.25, -0.2) is 13.3 Å². The fourth-order valence-electron chi connectivity index (χ4n) is 2.77. The van der Waals surface area contributed by atoms with E-state index >= 15 is 0 Å². The molecule has 9 heteroatoms. The van der Waals surface area contributed by atoms with Crippen molar-refractivity contribution in [1.82, 2.24) is 4.72 Å². The highest BCUT2D eigenvalue weighted by Gasteiger charge is 2.41. The number of aliphatic carboxylic acids is 1. The van der Waals surface area contributed by atoms with Gasteiger partial charge in [-0.3, -0.25) is 4.79 Å². The van der Waals surface area contributed by atoms with E-state index in [0.29, 0.717) is 4.24 Å². The van der Waals surface area contributed by atoms with E-state index in [4.69, 9.17) is 0 Å². The highest BCUT2D eigenvalue weighted by atomic mass is 32.2. The Balaban J connectivity index is 2.24. The second-order valence-electron chi connectivity index (χ2n) is 6.90. The molecule has 0 saturated carbocycles. The second kappa shape index (κ2) is 10.7. The normalized spacial score (nSPS) is 16.1. The van der Waals surface area contributed by atoms with Gasteiger partial charge in [0, 0.05) is 5.92 Å². The first-order valence-corrected chi connectivity index (χ1v) is 11.6. The van der Waals surface area contributed by atoms with Crippen molar-refractivity contribution < 1.29 is 28.0 Å². The molecule has 0 aliphatic heterocycles. The Morgan fingerprint density at radius 1 is 1.26 bits per heavy atom. The maximum absolute atomic E-state index is 13.4. The molecule has 5 nitrogen and oxygen atoms in total. The van der Waals surface area contributed by atoms with Gasteiger partial charge in [-0.05, 0) is 42.5 Å². The predicted molar refractivity (Wildman–Crippen MR) is 121 cm³/mol. The van der Waals surface area contributed by atoms with Crippen molar-refractivity contribution in [2.45, 2.75) is 25.3 Å². The number of phenols is 1. The van der Waals surface area contributed by atoms with E-state index in [1.807, 2.05) is 18.2 Å². The molecule has 3 N–H and O–H groups in total. The summed E-state index contributed by atoms with van der Waals surface area (Å²) in [5, 5.41) is 19.2. The third-order valence-electron chi connectivity index (χ3n) is 4.85. The lowest BCUT2D eigenvalue weighted by Crippen LogP contribution is -2.53. The molecule has 0 saturated heterocycles. The second-order valence-corrected chi connectivity index (χ2v) is 9.18. The fraction of sp³-hybridized carbons (Fsp3) is 0.227. The SMILES string of the molecule is CS/C(=C\C=C\c1cc(O)c(F)c(F)c1)S(=O)N[C@](C)(C(=O)O)C(C)c1ccccc1. The molecule has 0 aliphatic carbocycles. The molecule has 166 valence electrons. The molecular formula is C22H23F2NO4S2. The van der Waals surface area contributed by atoms with Crippen molar-refractivity contribution in [3.05, 3.63) is 81.6 Å². The summed E-state index contributed by atoms with van der Waals surface area (Å²) in [5.74, 6) is -4.97. The van der Waals surface area contributed by atoms with Gasteiger partial charge in [0.15, 0.2) is 17.4 Å². The summed E-state index contributed by atoms with van der Waals surface area (Å²) >= 11 is 1.15. The van der Waals surface area contributed by atoms with Gasteiger partial charge in [0.05, 0.1) is 4.24 Å². The lowest BCUT2D eigenvalue weighted by Gasteiger charge is -2.32. The number of rotatable bonds is 9. The van der Waals surface area contributed by atoms with Crippen molar-refractivity contribution >= 4 is 34.8 Å². The van der Waals surface area contributed by atoms with Crippen LogP contribution in [0.4, 0.5) is 8.78 Å². The minimum absolute atomic E-state index is 0.208. The molecule has 0 bridgehead atoms. The maximum atomic E-state index is 13.4. The van der Waals surface area contributed by atoms with E-state index in [2.05, 4.69) is 4.72 Å². The van der Waals surface area contributed by atoms with Gasteiger partial charge in [-0.15, -0.1) is 11.8 Å². The van der Waals surface area contributed by atoms with Crippen LogP contribution in [-0.2, 0) is 15.8 Å². The quantitative estimate of drug-likeness (QED) is 0.462. The molecule has 3 atom stereocenters. The van der Waals surface area contributed by atoms with Crippen LogP contribution in [0.2, 0.25) is 0 Å². The van der Waals surface area contributed by atoms with Crippen molar-refractivity contribution in [2.24, 2.45) is 0 Å². The predicted octanol–water partition coefficient (Wildman–Crippen LogP) is 4.79. The van der Waals surface area contributed by atoms with Crippen LogP contribution in [0, 0.1) is 11.6 Å². The average molecular weight is 468 g/mol. The summed E-state index contributed by atoms with van der Waals surface area (Å²) in [6, 6.07) is 11.0. The van der Waals surface area contributed by atoms with Crippen LogP contribution in [0.1, 0.15) is 30.9 Å². The molecule has 2 rings (SSSR count). The van der Waals surface area contributed by atoms with Crippen LogP contribution in [0.25, 0.3) is 6.08 Å². The zero-order valence-corrected chi connectivity index (χ0v) is 18.8. The molecule has 0 amide bonds. The number of halogens is 2. The summed E-state index contributed by atoms with van der Waals surface area (Å²) < 4.78 is 42.5. The lowest BCUT2D eigenvalue weighted by atomic mass is 9.83. The number of hydrogen-bond donors (Lipinski definition) is 3. The average Bonchev–Trinajstić information content (AvgIpc) is 2.74. The largest absolute Gasteiger partial charge is 0.505 e. The van der Waals surface area contributed by atoms with Gasteiger partial charge in [-0.1, -0.05) is 49.4 Å². The molecule has 31 heavy (non-hydrogen) atoms. The molecule has 0 spiro atoms. The molecule has 2 aromatic carbocycles. The van der Waals surface area contributed by atoms with E-state index in [-0.39, 0.29) is 5.56 Å². The van der Waals surface area contributed by atoms with Crippen LogP contribution in [0.15, 0.2) is 58.9 Å². The summed E-state index contributed by atoms with van der Waals surface area (Å²) in [4.78, 5) is 12.0. The van der Waals surface area contributed by atoms with E-state index in [0.717, 1.165) is 29.5 Å². The molecule has 2 aromatic rings. The Hall–Kier alpha value is -2.49. The molecule has 0 aromatic heterocycles. The number of carboxylic acids is 1. The van der Waals surface area contributed by atoms with Gasteiger partial charge in [0.25, 0.3) is 0 Å². The smallest absolute Gasteiger partial charge is 0.325 e. The van der Waals surface area contributed by atoms with E-state index in [1.165, 1.54) is 25.2 Å². The Labute approximate surface area is 186 Å². The molecular weight excluding hydrogens is 444 g/mol. The number of hydrogen-bond acceptors (Lipinski definition) is 4. The molecule has 0 radical (unpaired) electrons. The Morgan fingerprint density at radius 2 is 1.90 bits per heavy atom. The van der Waals surface area contributed by atoms with Crippen LogP contribution < -0.4 is 4.72 Å². The van der Waals surface area contributed by atoms with Crippen molar-refractivity contribution in [2.75, 3.05) is 6.26 Å². The van der Waals surface area contributed by atoms with E-state index in [1.54, 1.807) is 25.3 Å². The Bertz CT molecular complexity index is 1000. The van der Waals surface area contributed by atoms with Gasteiger partial charge < -0.3 is 10.2 Å². The van der Waals surface area contributed by atoms with Crippen LogP contribution in [0.5, 0.6) is 5.75 Å². The zero-order valence-electron chi connectivity index (χ0n) is 17.1. The van der Waals surface area contributed by atoms with Crippen LogP contribution >= 0.6 is 11.8 Å². The summed E-state index contributed by atoms with van der Waals surface area (Å²) in [6.45, 7) is 3.22. The minimum atomic E-state index is -1.85. The number of aromatic hydroxyl groups is 1. The maximum Gasteiger partial charge on any atom is 0.325 e. The van der Waals surface area contributed by atoms with Crippen molar-refractivity contribution in [1.29, 1.82) is 0 Å². The monoisotopic (exact) mass is 467 g/mol. The summed E-state index contributed by atoms with van der Waals surface area (Å²) in [7, 11) is -1.85. The lowest BCUT2D eigenvalue weighted by molar-refractivity contribution is -0.144. The molecule has 0 aliphatic rings. The van der Waals surface area contributed by atoms with Crippen molar-refractivity contribution in [3.8, 4) is 5.75 Å². The van der Waals surface area contributed by atoms with E-state index < -0.39 is 45.8 Å². The Kier molecular flexibility index (Phi) is 8.55. The number of carbonyl (C=O) groups is 1. The summed E-state index contributed by atoms with van der Waals surface area (Å²) in [5.41, 5.74) is -0.527.